The summed E-state index contributed by atoms with van der Waals surface area (Å²) in [5.41, 5.74) is 3.12. The lowest BCUT2D eigenvalue weighted by molar-refractivity contribution is 0.0376. The summed E-state index contributed by atoms with van der Waals surface area (Å²) < 4.78 is 8.13. The second kappa shape index (κ2) is 9.01. The van der Waals surface area contributed by atoms with Crippen molar-refractivity contribution in [1.29, 1.82) is 0 Å². The topological polar surface area (TPSA) is 63.5 Å². The Morgan fingerprint density at radius 3 is 2.77 bits per heavy atom. The van der Waals surface area contributed by atoms with Crippen LogP contribution in [0.25, 0.3) is 10.2 Å². The van der Waals surface area contributed by atoms with Crippen molar-refractivity contribution in [2.24, 2.45) is 7.05 Å². The zero-order chi connectivity index (χ0) is 21.3. The predicted octanol–water partition coefficient (Wildman–Crippen LogP) is 3.67. The highest BCUT2D eigenvalue weighted by atomic mass is 35.5. The number of nitrogens with zero attached hydrogens (tertiary/aromatic N) is 5. The molecular formula is C21H26ClN5O2S. The van der Waals surface area contributed by atoms with E-state index < -0.39 is 0 Å². The Bertz CT molecular complexity index is 1060. The molecule has 3 aromatic rings. The molecule has 9 heteroatoms. The lowest BCUT2D eigenvalue weighted by Crippen LogP contribution is -2.39. The Labute approximate surface area is 185 Å². The number of anilines is 1. The van der Waals surface area contributed by atoms with Crippen LogP contribution in [0.4, 0.5) is 5.13 Å². The first-order valence-electron chi connectivity index (χ1n) is 10.1. The fraction of sp³-hybridized carbons (Fsp3) is 0.476. The summed E-state index contributed by atoms with van der Waals surface area (Å²) in [5.74, 6) is -0.113. The van der Waals surface area contributed by atoms with Crippen LogP contribution in [0.2, 0.25) is 5.02 Å². The van der Waals surface area contributed by atoms with E-state index in [0.717, 1.165) is 60.6 Å². The van der Waals surface area contributed by atoms with Gasteiger partial charge in [0.25, 0.3) is 5.91 Å². The number of benzene rings is 1. The van der Waals surface area contributed by atoms with Gasteiger partial charge in [0.05, 0.1) is 23.4 Å². The molecule has 4 rings (SSSR count). The number of ether oxygens (including phenoxy) is 1. The van der Waals surface area contributed by atoms with Crippen molar-refractivity contribution < 1.29 is 9.53 Å². The van der Waals surface area contributed by atoms with Gasteiger partial charge in [0.1, 0.15) is 0 Å². The number of halogens is 1. The van der Waals surface area contributed by atoms with E-state index in [1.54, 1.807) is 9.58 Å². The van der Waals surface area contributed by atoms with Gasteiger partial charge in [0.15, 0.2) is 10.8 Å². The van der Waals surface area contributed by atoms with E-state index in [9.17, 15) is 4.79 Å². The summed E-state index contributed by atoms with van der Waals surface area (Å²) >= 11 is 7.80. The summed E-state index contributed by atoms with van der Waals surface area (Å²) in [7, 11) is 1.83. The standard InChI is InChI=1S/C21H26ClN5O2S/c1-14-13-25(3)24-18(14)20(28)27(8-4-7-26-9-11-29-12-10-26)21-23-19-15(2)16(22)5-6-17(19)30-21/h5-6,13H,4,7-12H2,1-3H3. The first-order valence-corrected chi connectivity index (χ1v) is 11.3. The molecule has 0 aliphatic carbocycles. The lowest BCUT2D eigenvalue weighted by atomic mass is 10.2. The van der Waals surface area contributed by atoms with Gasteiger partial charge in [-0.15, -0.1) is 0 Å². The predicted molar refractivity (Wildman–Crippen MR) is 121 cm³/mol. The normalized spacial score (nSPS) is 15.1. The quantitative estimate of drug-likeness (QED) is 0.577. The second-order valence-corrected chi connectivity index (χ2v) is 9.03. The van der Waals surface area contributed by atoms with E-state index in [0.29, 0.717) is 22.4 Å². The highest BCUT2D eigenvalue weighted by molar-refractivity contribution is 7.22. The van der Waals surface area contributed by atoms with Gasteiger partial charge in [-0.25, -0.2) is 4.98 Å². The van der Waals surface area contributed by atoms with Gasteiger partial charge < -0.3 is 4.74 Å². The van der Waals surface area contributed by atoms with Crippen LogP contribution in [-0.4, -0.2) is 65.0 Å². The monoisotopic (exact) mass is 447 g/mol. The number of amides is 1. The molecule has 160 valence electrons. The summed E-state index contributed by atoms with van der Waals surface area (Å²) in [4.78, 5) is 22.4. The van der Waals surface area contributed by atoms with Crippen LogP contribution in [-0.2, 0) is 11.8 Å². The average Bonchev–Trinajstić information content (AvgIpc) is 3.31. The lowest BCUT2D eigenvalue weighted by Gasteiger charge is -2.27. The minimum absolute atomic E-state index is 0.113. The first-order chi connectivity index (χ1) is 14.4. The Morgan fingerprint density at radius 1 is 1.30 bits per heavy atom. The molecule has 1 amide bonds. The summed E-state index contributed by atoms with van der Waals surface area (Å²) in [5, 5.41) is 5.77. The van der Waals surface area contributed by atoms with Crippen LogP contribution in [0, 0.1) is 13.8 Å². The summed E-state index contributed by atoms with van der Waals surface area (Å²) in [6.07, 6.45) is 2.72. The molecule has 1 aliphatic rings. The molecule has 0 unspecified atom stereocenters. The summed E-state index contributed by atoms with van der Waals surface area (Å²) in [6.45, 7) is 8.79. The average molecular weight is 448 g/mol. The molecule has 1 fully saturated rings. The third-order valence-corrected chi connectivity index (χ3v) is 6.84. The van der Waals surface area contributed by atoms with Crippen molar-refractivity contribution >= 4 is 44.2 Å². The van der Waals surface area contributed by atoms with Crippen LogP contribution in [0.1, 0.15) is 28.0 Å². The van der Waals surface area contributed by atoms with E-state index in [1.165, 1.54) is 11.3 Å². The fourth-order valence-electron chi connectivity index (χ4n) is 3.71. The third kappa shape index (κ3) is 4.37. The number of aryl methyl sites for hydroxylation is 3. The Balaban J connectivity index is 1.61. The molecule has 1 aromatic carbocycles. The van der Waals surface area contributed by atoms with Crippen LogP contribution in [0.3, 0.4) is 0 Å². The van der Waals surface area contributed by atoms with Crippen LogP contribution in [0.15, 0.2) is 18.3 Å². The number of hydrogen-bond acceptors (Lipinski definition) is 6. The minimum atomic E-state index is -0.113. The molecule has 30 heavy (non-hydrogen) atoms. The maximum atomic E-state index is 13.4. The molecule has 3 heterocycles. The number of hydrogen-bond donors (Lipinski definition) is 0. The third-order valence-electron chi connectivity index (χ3n) is 5.39. The van der Waals surface area contributed by atoms with Crippen molar-refractivity contribution in [2.45, 2.75) is 20.3 Å². The van der Waals surface area contributed by atoms with Crippen molar-refractivity contribution in [3.63, 3.8) is 0 Å². The smallest absolute Gasteiger partial charge is 0.280 e. The molecule has 2 aromatic heterocycles. The van der Waals surface area contributed by atoms with Gasteiger partial charge in [-0.2, -0.15) is 5.10 Å². The van der Waals surface area contributed by atoms with E-state index in [-0.39, 0.29) is 5.91 Å². The molecule has 0 bridgehead atoms. The van der Waals surface area contributed by atoms with Crippen LogP contribution >= 0.6 is 22.9 Å². The zero-order valence-electron chi connectivity index (χ0n) is 17.5. The maximum Gasteiger partial charge on any atom is 0.280 e. The Kier molecular flexibility index (Phi) is 6.38. The largest absolute Gasteiger partial charge is 0.379 e. The van der Waals surface area contributed by atoms with Crippen molar-refractivity contribution in [2.75, 3.05) is 44.3 Å². The molecule has 1 aliphatic heterocycles. The first kappa shape index (κ1) is 21.2. The van der Waals surface area contributed by atoms with E-state index in [1.807, 2.05) is 39.2 Å². The number of rotatable bonds is 6. The molecule has 0 atom stereocenters. The van der Waals surface area contributed by atoms with Crippen molar-refractivity contribution in [3.05, 3.63) is 40.2 Å². The van der Waals surface area contributed by atoms with E-state index in [4.69, 9.17) is 21.3 Å². The van der Waals surface area contributed by atoms with Gasteiger partial charge in [-0.05, 0) is 38.0 Å². The maximum absolute atomic E-state index is 13.4. The van der Waals surface area contributed by atoms with E-state index >= 15 is 0 Å². The van der Waals surface area contributed by atoms with Crippen molar-refractivity contribution in [1.82, 2.24) is 19.7 Å². The summed E-state index contributed by atoms with van der Waals surface area (Å²) in [6, 6.07) is 3.85. The number of morpholine rings is 1. The number of fused-ring (bicyclic) bond motifs is 1. The minimum Gasteiger partial charge on any atom is -0.379 e. The number of thiazole rings is 1. The van der Waals surface area contributed by atoms with Gasteiger partial charge in [-0.1, -0.05) is 22.9 Å². The van der Waals surface area contributed by atoms with E-state index in [2.05, 4.69) is 10.00 Å². The Hall–Kier alpha value is -2.00. The van der Waals surface area contributed by atoms with Gasteiger partial charge in [0, 0.05) is 50.0 Å². The van der Waals surface area contributed by atoms with Crippen molar-refractivity contribution in [3.8, 4) is 0 Å². The zero-order valence-corrected chi connectivity index (χ0v) is 19.1. The van der Waals surface area contributed by atoms with Gasteiger partial charge in [-0.3, -0.25) is 19.3 Å². The highest BCUT2D eigenvalue weighted by Crippen LogP contribution is 2.34. The van der Waals surface area contributed by atoms with Crippen LogP contribution in [0.5, 0.6) is 0 Å². The second-order valence-electron chi connectivity index (χ2n) is 7.61. The Morgan fingerprint density at radius 2 is 2.07 bits per heavy atom. The number of carbonyl (C=O) groups is 1. The molecule has 0 saturated carbocycles. The SMILES string of the molecule is Cc1cn(C)nc1C(=O)N(CCCN1CCOCC1)c1nc2c(C)c(Cl)ccc2s1. The molecule has 1 saturated heterocycles. The molecule has 7 nitrogen and oxygen atoms in total. The number of carbonyl (C=O) groups excluding carboxylic acids is 1. The molecular weight excluding hydrogens is 422 g/mol. The fourth-order valence-corrected chi connectivity index (χ4v) is 4.91. The molecule has 0 spiro atoms. The van der Waals surface area contributed by atoms with Gasteiger partial charge in [0.2, 0.25) is 0 Å². The molecule has 0 N–H and O–H groups in total. The van der Waals surface area contributed by atoms with Gasteiger partial charge >= 0.3 is 0 Å². The highest BCUT2D eigenvalue weighted by Gasteiger charge is 2.25. The van der Waals surface area contributed by atoms with Crippen LogP contribution < -0.4 is 4.90 Å². The molecule has 0 radical (unpaired) electrons. The number of aromatic nitrogens is 3.